The fourth-order valence-corrected chi connectivity index (χ4v) is 3.01. The van der Waals surface area contributed by atoms with Gasteiger partial charge < -0.3 is 10.6 Å². The monoisotopic (exact) mass is 319 g/mol. The number of carbonyl (C=O) groups excluding carboxylic acids is 1. The quantitative estimate of drug-likeness (QED) is 0.890. The molecule has 1 unspecified atom stereocenters. The van der Waals surface area contributed by atoms with Crippen molar-refractivity contribution < 1.29 is 4.79 Å². The Balaban J connectivity index is 1.61. The molecule has 24 heavy (non-hydrogen) atoms. The van der Waals surface area contributed by atoms with Gasteiger partial charge in [0.2, 0.25) is 5.91 Å². The fourth-order valence-electron chi connectivity index (χ4n) is 3.01. The Morgan fingerprint density at radius 3 is 2.50 bits per heavy atom. The Hall–Kier alpha value is -2.64. The van der Waals surface area contributed by atoms with Crippen molar-refractivity contribution >= 4 is 5.91 Å². The summed E-state index contributed by atoms with van der Waals surface area (Å²) >= 11 is 0. The topological polar surface area (TPSA) is 64.9 Å². The highest BCUT2D eigenvalue weighted by Crippen LogP contribution is 2.19. The zero-order valence-electron chi connectivity index (χ0n) is 13.5. The number of hydrogen-bond donors (Lipinski definition) is 2. The van der Waals surface area contributed by atoms with Gasteiger partial charge in [-0.3, -0.25) is 4.79 Å². The first-order valence-electron chi connectivity index (χ1n) is 8.34. The molecule has 3 rings (SSSR count). The van der Waals surface area contributed by atoms with Crippen LogP contribution in [0.25, 0.3) is 11.1 Å². The minimum atomic E-state index is -0.498. The number of nitrogens with one attached hydrogen (secondary N) is 2. The molecular formula is C20H21N3O. The van der Waals surface area contributed by atoms with Crippen LogP contribution in [0.1, 0.15) is 18.4 Å². The summed E-state index contributed by atoms with van der Waals surface area (Å²) in [6, 6.07) is 19.9. The summed E-state index contributed by atoms with van der Waals surface area (Å²) in [5, 5.41) is 15.3. The molecule has 0 bridgehead atoms. The van der Waals surface area contributed by atoms with Crippen LogP contribution in [0.5, 0.6) is 0 Å². The zero-order chi connectivity index (χ0) is 16.8. The number of benzene rings is 2. The molecule has 0 aromatic heterocycles. The number of hydrogen-bond acceptors (Lipinski definition) is 3. The molecule has 2 N–H and O–H groups in total. The van der Waals surface area contributed by atoms with Gasteiger partial charge in [0.25, 0.3) is 0 Å². The second kappa shape index (κ2) is 7.76. The van der Waals surface area contributed by atoms with Gasteiger partial charge in [-0.15, -0.1) is 0 Å². The summed E-state index contributed by atoms with van der Waals surface area (Å²) in [6.07, 6.45) is 2.37. The van der Waals surface area contributed by atoms with Gasteiger partial charge in [-0.05, 0) is 36.1 Å². The predicted octanol–water partition coefficient (Wildman–Crippen LogP) is 2.66. The maximum absolute atomic E-state index is 12.1. The van der Waals surface area contributed by atoms with Crippen LogP contribution in [0.2, 0.25) is 0 Å². The van der Waals surface area contributed by atoms with Crippen LogP contribution in [0.15, 0.2) is 54.6 Å². The van der Waals surface area contributed by atoms with Crippen LogP contribution < -0.4 is 10.6 Å². The number of amides is 1. The Labute approximate surface area is 142 Å². The van der Waals surface area contributed by atoms with Gasteiger partial charge in [-0.1, -0.05) is 54.6 Å². The molecule has 2 atom stereocenters. The first-order chi connectivity index (χ1) is 11.8. The lowest BCUT2D eigenvalue weighted by Gasteiger charge is -2.15. The van der Waals surface area contributed by atoms with E-state index in [2.05, 4.69) is 41.0 Å². The van der Waals surface area contributed by atoms with E-state index in [0.29, 0.717) is 6.42 Å². The van der Waals surface area contributed by atoms with E-state index in [1.165, 1.54) is 5.56 Å². The second-order valence-electron chi connectivity index (χ2n) is 6.11. The van der Waals surface area contributed by atoms with E-state index in [4.69, 9.17) is 0 Å². The number of nitriles is 1. The van der Waals surface area contributed by atoms with Gasteiger partial charge in [-0.2, -0.15) is 5.26 Å². The molecule has 1 heterocycles. The molecule has 0 spiro atoms. The van der Waals surface area contributed by atoms with Crippen LogP contribution >= 0.6 is 0 Å². The third kappa shape index (κ3) is 4.01. The van der Waals surface area contributed by atoms with Crippen LogP contribution in [0.3, 0.4) is 0 Å². The van der Waals surface area contributed by atoms with Gasteiger partial charge >= 0.3 is 0 Å². The standard InChI is InChI=1S/C20H21N3O/c21-14-18(23-20(24)19-7-4-12-22-19)13-15-8-10-17(11-9-15)16-5-2-1-3-6-16/h1-3,5-6,8-11,18-19,22H,4,7,12-13H2,(H,23,24)/t18-,19?/m0/s1. The Bertz CT molecular complexity index is 713. The van der Waals surface area contributed by atoms with Crippen molar-refractivity contribution in [3.63, 3.8) is 0 Å². The third-order valence-corrected chi connectivity index (χ3v) is 4.35. The van der Waals surface area contributed by atoms with E-state index >= 15 is 0 Å². The zero-order valence-corrected chi connectivity index (χ0v) is 13.5. The molecule has 122 valence electrons. The van der Waals surface area contributed by atoms with Crippen molar-refractivity contribution in [1.29, 1.82) is 5.26 Å². The molecule has 0 radical (unpaired) electrons. The van der Waals surface area contributed by atoms with Crippen molar-refractivity contribution in [3.05, 3.63) is 60.2 Å². The summed E-state index contributed by atoms with van der Waals surface area (Å²) in [7, 11) is 0. The minimum absolute atomic E-state index is 0.0695. The molecule has 0 aliphatic carbocycles. The molecule has 2 aromatic rings. The fraction of sp³-hybridized carbons (Fsp3) is 0.300. The Morgan fingerprint density at radius 1 is 1.17 bits per heavy atom. The first-order valence-corrected chi connectivity index (χ1v) is 8.34. The summed E-state index contributed by atoms with van der Waals surface area (Å²) in [6.45, 7) is 0.871. The van der Waals surface area contributed by atoms with Gasteiger partial charge in [0, 0.05) is 6.42 Å². The van der Waals surface area contributed by atoms with E-state index in [1.54, 1.807) is 0 Å². The Morgan fingerprint density at radius 2 is 1.88 bits per heavy atom. The van der Waals surface area contributed by atoms with Gasteiger partial charge in [0.15, 0.2) is 0 Å². The van der Waals surface area contributed by atoms with Gasteiger partial charge in [0.1, 0.15) is 6.04 Å². The predicted molar refractivity (Wildman–Crippen MR) is 94.2 cm³/mol. The molecule has 1 amide bonds. The molecule has 1 fully saturated rings. The van der Waals surface area contributed by atoms with Crippen LogP contribution in [0.4, 0.5) is 0 Å². The average Bonchev–Trinajstić information content (AvgIpc) is 3.17. The maximum atomic E-state index is 12.1. The number of carbonyl (C=O) groups is 1. The molecule has 1 aliphatic rings. The maximum Gasteiger partial charge on any atom is 0.238 e. The van der Waals surface area contributed by atoms with Crippen LogP contribution in [0, 0.1) is 11.3 Å². The first kappa shape index (κ1) is 16.2. The molecule has 1 saturated heterocycles. The van der Waals surface area contributed by atoms with Gasteiger partial charge in [-0.25, -0.2) is 0 Å². The molecule has 4 heteroatoms. The number of rotatable bonds is 5. The summed E-state index contributed by atoms with van der Waals surface area (Å²) in [4.78, 5) is 12.1. The molecular weight excluding hydrogens is 298 g/mol. The van der Waals surface area contributed by atoms with E-state index in [0.717, 1.165) is 30.5 Å². The van der Waals surface area contributed by atoms with Crippen molar-refractivity contribution in [1.82, 2.24) is 10.6 Å². The highest BCUT2D eigenvalue weighted by molar-refractivity contribution is 5.82. The van der Waals surface area contributed by atoms with E-state index < -0.39 is 6.04 Å². The number of nitrogens with zero attached hydrogens (tertiary/aromatic N) is 1. The second-order valence-corrected chi connectivity index (χ2v) is 6.11. The normalized spacial score (nSPS) is 17.9. The van der Waals surface area contributed by atoms with E-state index in [9.17, 15) is 10.1 Å². The summed E-state index contributed by atoms with van der Waals surface area (Å²) < 4.78 is 0. The molecule has 1 aliphatic heterocycles. The minimum Gasteiger partial charge on any atom is -0.339 e. The molecule has 4 nitrogen and oxygen atoms in total. The lowest BCUT2D eigenvalue weighted by molar-refractivity contribution is -0.123. The smallest absolute Gasteiger partial charge is 0.238 e. The van der Waals surface area contributed by atoms with Gasteiger partial charge in [0.05, 0.1) is 12.1 Å². The van der Waals surface area contributed by atoms with Crippen LogP contribution in [-0.2, 0) is 11.2 Å². The SMILES string of the molecule is N#C[C@H](Cc1ccc(-c2ccccc2)cc1)NC(=O)C1CCCN1. The third-order valence-electron chi connectivity index (χ3n) is 4.35. The highest BCUT2D eigenvalue weighted by atomic mass is 16.2. The van der Waals surface area contributed by atoms with E-state index in [1.807, 2.05) is 30.3 Å². The van der Waals surface area contributed by atoms with Crippen molar-refractivity contribution in [2.24, 2.45) is 0 Å². The lowest BCUT2D eigenvalue weighted by Crippen LogP contribution is -2.45. The summed E-state index contributed by atoms with van der Waals surface area (Å²) in [5.74, 6) is -0.0695. The van der Waals surface area contributed by atoms with Crippen molar-refractivity contribution in [3.8, 4) is 17.2 Å². The average molecular weight is 319 g/mol. The largest absolute Gasteiger partial charge is 0.339 e. The van der Waals surface area contributed by atoms with Crippen molar-refractivity contribution in [2.45, 2.75) is 31.3 Å². The highest BCUT2D eigenvalue weighted by Gasteiger charge is 2.24. The molecule has 2 aromatic carbocycles. The van der Waals surface area contributed by atoms with Crippen molar-refractivity contribution in [2.75, 3.05) is 6.54 Å². The molecule has 0 saturated carbocycles. The van der Waals surface area contributed by atoms with E-state index in [-0.39, 0.29) is 11.9 Å². The summed E-state index contributed by atoms with van der Waals surface area (Å²) in [5.41, 5.74) is 3.36. The van der Waals surface area contributed by atoms with Crippen LogP contribution in [-0.4, -0.2) is 24.5 Å². The lowest BCUT2D eigenvalue weighted by atomic mass is 10.0. The Kier molecular flexibility index (Phi) is 5.25.